The number of carbonyl (C=O) groups is 1. The Balaban J connectivity index is 1.70. The van der Waals surface area contributed by atoms with Crippen molar-refractivity contribution in [1.29, 1.82) is 0 Å². The molecule has 5 nitrogen and oxygen atoms in total. The van der Waals surface area contributed by atoms with Gasteiger partial charge in [-0.05, 0) is 49.8 Å². The molecule has 0 radical (unpaired) electrons. The number of aryl methyl sites for hydroxylation is 2. The predicted molar refractivity (Wildman–Crippen MR) is 123 cm³/mol. The summed E-state index contributed by atoms with van der Waals surface area (Å²) in [6, 6.07) is 11.1. The van der Waals surface area contributed by atoms with Crippen LogP contribution in [0.3, 0.4) is 0 Å². The summed E-state index contributed by atoms with van der Waals surface area (Å²) in [5.41, 5.74) is 1.73. The van der Waals surface area contributed by atoms with Crippen molar-refractivity contribution in [2.75, 3.05) is 4.90 Å². The van der Waals surface area contributed by atoms with E-state index in [0.717, 1.165) is 11.5 Å². The van der Waals surface area contributed by atoms with Crippen LogP contribution in [0.15, 0.2) is 57.6 Å². The molecular formula is C22H16Cl2FN3O2S. The Bertz CT molecular complexity index is 1220. The first kappa shape index (κ1) is 21.6. The summed E-state index contributed by atoms with van der Waals surface area (Å²) in [7, 11) is 0. The maximum atomic E-state index is 14.5. The van der Waals surface area contributed by atoms with Crippen molar-refractivity contribution in [2.45, 2.75) is 19.6 Å². The number of amidine groups is 1. The molecule has 158 valence electrons. The molecule has 1 amide bonds. The Kier molecular flexibility index (Phi) is 6.18. The molecule has 0 saturated heterocycles. The van der Waals surface area contributed by atoms with Crippen LogP contribution >= 0.6 is 35.0 Å². The van der Waals surface area contributed by atoms with Crippen molar-refractivity contribution in [3.8, 4) is 0 Å². The Morgan fingerprint density at radius 2 is 1.94 bits per heavy atom. The Morgan fingerprint density at radius 1 is 1.16 bits per heavy atom. The number of aromatic nitrogens is 1. The van der Waals surface area contributed by atoms with Gasteiger partial charge in [-0.3, -0.25) is 9.69 Å². The van der Waals surface area contributed by atoms with Crippen molar-refractivity contribution < 1.29 is 13.6 Å². The summed E-state index contributed by atoms with van der Waals surface area (Å²) in [5, 5.41) is 1.10. The summed E-state index contributed by atoms with van der Waals surface area (Å²) in [6.45, 7) is 3.68. The van der Waals surface area contributed by atoms with Crippen molar-refractivity contribution in [3.05, 3.63) is 86.9 Å². The van der Waals surface area contributed by atoms with Gasteiger partial charge in [0.15, 0.2) is 5.17 Å². The van der Waals surface area contributed by atoms with Crippen LogP contribution in [0.5, 0.6) is 0 Å². The molecule has 3 aromatic rings. The second kappa shape index (κ2) is 8.86. The van der Waals surface area contributed by atoms with Gasteiger partial charge in [-0.2, -0.15) is 0 Å². The number of rotatable bonds is 4. The number of halogens is 3. The fourth-order valence-corrected chi connectivity index (χ4v) is 4.08. The zero-order valence-electron chi connectivity index (χ0n) is 16.5. The number of benzene rings is 2. The van der Waals surface area contributed by atoms with E-state index in [1.54, 1.807) is 36.4 Å². The molecule has 0 atom stereocenters. The van der Waals surface area contributed by atoms with Gasteiger partial charge < -0.3 is 4.42 Å². The third-order valence-electron chi connectivity index (χ3n) is 4.57. The first-order valence-electron chi connectivity index (χ1n) is 9.23. The van der Waals surface area contributed by atoms with Gasteiger partial charge in [-0.1, -0.05) is 53.2 Å². The lowest BCUT2D eigenvalue weighted by Gasteiger charge is -2.18. The first-order chi connectivity index (χ1) is 14.8. The predicted octanol–water partition coefficient (Wildman–Crippen LogP) is 6.41. The van der Waals surface area contributed by atoms with Gasteiger partial charge >= 0.3 is 0 Å². The van der Waals surface area contributed by atoms with Crippen LogP contribution in [0.2, 0.25) is 10.0 Å². The number of aliphatic imine (C=N–C) groups is 1. The molecule has 0 saturated carbocycles. The zero-order chi connectivity index (χ0) is 22.1. The lowest BCUT2D eigenvalue weighted by atomic mass is 10.2. The molecule has 9 heteroatoms. The van der Waals surface area contributed by atoms with Crippen molar-refractivity contribution >= 4 is 57.8 Å². The average Bonchev–Trinajstić information content (AvgIpc) is 3.22. The topological polar surface area (TPSA) is 58.7 Å². The van der Waals surface area contributed by atoms with E-state index in [1.807, 2.05) is 13.8 Å². The van der Waals surface area contributed by atoms with Gasteiger partial charge in [-0.25, -0.2) is 14.4 Å². The van der Waals surface area contributed by atoms with Crippen LogP contribution in [-0.4, -0.2) is 16.1 Å². The lowest BCUT2D eigenvalue weighted by Crippen LogP contribution is -2.31. The highest BCUT2D eigenvalue weighted by atomic mass is 35.5. The van der Waals surface area contributed by atoms with Gasteiger partial charge in [0.25, 0.3) is 5.91 Å². The maximum absolute atomic E-state index is 14.5. The third kappa shape index (κ3) is 4.54. The zero-order valence-corrected chi connectivity index (χ0v) is 18.9. The van der Waals surface area contributed by atoms with Crippen LogP contribution in [-0.2, 0) is 10.5 Å². The number of thioether (sulfide) groups is 1. The fourth-order valence-electron chi connectivity index (χ4n) is 2.93. The van der Waals surface area contributed by atoms with Crippen LogP contribution in [0, 0.1) is 19.7 Å². The van der Waals surface area contributed by atoms with Gasteiger partial charge in [0.2, 0.25) is 5.89 Å². The molecule has 0 N–H and O–H groups in total. The molecule has 31 heavy (non-hydrogen) atoms. The summed E-state index contributed by atoms with van der Waals surface area (Å²) in [6.07, 6.45) is 1.59. The Labute approximate surface area is 192 Å². The molecule has 0 unspecified atom stereocenters. The number of hydrogen-bond donors (Lipinski definition) is 0. The summed E-state index contributed by atoms with van der Waals surface area (Å²) < 4.78 is 20.1. The fraction of sp³-hybridized carbons (Fsp3) is 0.136. The van der Waals surface area contributed by atoms with Crippen molar-refractivity contribution in [1.82, 2.24) is 4.98 Å². The molecule has 0 aliphatic carbocycles. The molecule has 2 heterocycles. The number of para-hydroxylation sites is 1. The number of anilines is 1. The first-order valence-corrected chi connectivity index (χ1v) is 11.0. The Morgan fingerprint density at radius 3 is 2.61 bits per heavy atom. The second-order valence-corrected chi connectivity index (χ2v) is 8.48. The molecular weight excluding hydrogens is 460 g/mol. The molecule has 1 aliphatic rings. The SMILES string of the molecule is Cc1nc(CSC2=N/C(=C/c3ccc(Cl)c(Cl)c3)C(=O)N2c2ccccc2F)oc1C. The minimum Gasteiger partial charge on any atom is -0.445 e. The van der Waals surface area contributed by atoms with E-state index in [-0.39, 0.29) is 11.4 Å². The summed E-state index contributed by atoms with van der Waals surface area (Å²) in [4.78, 5) is 23.2. The molecule has 1 aromatic heterocycles. The normalized spacial score (nSPS) is 15.1. The lowest BCUT2D eigenvalue weighted by molar-refractivity contribution is -0.113. The minimum atomic E-state index is -0.525. The van der Waals surface area contributed by atoms with E-state index >= 15 is 0 Å². The smallest absolute Gasteiger partial charge is 0.283 e. The van der Waals surface area contributed by atoms with Crippen LogP contribution in [0.25, 0.3) is 6.08 Å². The van der Waals surface area contributed by atoms with E-state index < -0.39 is 11.7 Å². The highest BCUT2D eigenvalue weighted by Crippen LogP contribution is 2.33. The van der Waals surface area contributed by atoms with Crippen LogP contribution < -0.4 is 4.90 Å². The van der Waals surface area contributed by atoms with Gasteiger partial charge in [0, 0.05) is 0 Å². The van der Waals surface area contributed by atoms with Crippen molar-refractivity contribution in [3.63, 3.8) is 0 Å². The standard InChI is InChI=1S/C22H16Cl2FN3O2S/c1-12-13(2)30-20(26-12)11-31-22-27-18(10-14-7-8-15(23)16(24)9-14)21(29)28(22)19-6-4-3-5-17(19)25/h3-10H,11H2,1-2H3/b18-10+. The largest absolute Gasteiger partial charge is 0.445 e. The third-order valence-corrected chi connectivity index (χ3v) is 6.23. The maximum Gasteiger partial charge on any atom is 0.283 e. The van der Waals surface area contributed by atoms with Crippen molar-refractivity contribution in [2.24, 2.45) is 4.99 Å². The van der Waals surface area contributed by atoms with E-state index in [2.05, 4.69) is 9.98 Å². The molecule has 0 spiro atoms. The van der Waals surface area contributed by atoms with E-state index in [9.17, 15) is 9.18 Å². The quantitative estimate of drug-likeness (QED) is 0.408. The molecule has 1 aliphatic heterocycles. The highest BCUT2D eigenvalue weighted by molar-refractivity contribution is 8.13. The number of amides is 1. The molecule has 0 fully saturated rings. The summed E-state index contributed by atoms with van der Waals surface area (Å²) in [5.74, 6) is 0.601. The number of oxazole rings is 1. The van der Waals surface area contributed by atoms with Gasteiger partial charge in [-0.15, -0.1) is 0 Å². The van der Waals surface area contributed by atoms with Gasteiger partial charge in [0.1, 0.15) is 17.3 Å². The molecule has 2 aromatic carbocycles. The number of hydrogen-bond acceptors (Lipinski definition) is 5. The molecule has 4 rings (SSSR count). The van der Waals surface area contributed by atoms with Crippen LogP contribution in [0.1, 0.15) is 22.9 Å². The monoisotopic (exact) mass is 475 g/mol. The van der Waals surface area contributed by atoms with E-state index in [1.165, 1.54) is 28.8 Å². The summed E-state index contributed by atoms with van der Waals surface area (Å²) >= 11 is 13.3. The van der Waals surface area contributed by atoms with E-state index in [4.69, 9.17) is 27.6 Å². The highest BCUT2D eigenvalue weighted by Gasteiger charge is 2.33. The minimum absolute atomic E-state index is 0.121. The Hall–Kier alpha value is -2.61. The second-order valence-electron chi connectivity index (χ2n) is 6.73. The van der Waals surface area contributed by atoms with Crippen LogP contribution in [0.4, 0.5) is 10.1 Å². The number of carbonyl (C=O) groups excluding carboxylic acids is 1. The number of nitrogens with zero attached hydrogens (tertiary/aromatic N) is 3. The van der Waals surface area contributed by atoms with E-state index in [0.29, 0.717) is 32.4 Å². The van der Waals surface area contributed by atoms with Gasteiger partial charge in [0.05, 0.1) is 27.2 Å². The average molecular weight is 476 g/mol. The molecule has 0 bridgehead atoms.